The van der Waals surface area contributed by atoms with Crippen molar-refractivity contribution in [2.24, 2.45) is 10.7 Å². The molecule has 7 heteroatoms. The highest BCUT2D eigenvalue weighted by Gasteiger charge is 2.19. The minimum Gasteiger partial charge on any atom is -0.365 e. The van der Waals surface area contributed by atoms with Crippen molar-refractivity contribution in [2.45, 2.75) is 6.92 Å². The quantitative estimate of drug-likeness (QED) is 0.339. The average Bonchev–Trinajstić information content (AvgIpc) is 3.12. The molecule has 1 heterocycles. The number of carbonyl (C=O) groups is 1. The summed E-state index contributed by atoms with van der Waals surface area (Å²) in [5.74, 6) is -0.270. The monoisotopic (exact) mass is 415 g/mol. The van der Waals surface area contributed by atoms with E-state index in [1.807, 2.05) is 29.0 Å². The van der Waals surface area contributed by atoms with Gasteiger partial charge in [-0.2, -0.15) is 5.26 Å². The molecular weight excluding hydrogens is 398 g/mol. The summed E-state index contributed by atoms with van der Waals surface area (Å²) in [6.07, 6.45) is 3.31. The van der Waals surface area contributed by atoms with Crippen LogP contribution in [0.3, 0.4) is 0 Å². The van der Waals surface area contributed by atoms with E-state index >= 15 is 0 Å². The summed E-state index contributed by atoms with van der Waals surface area (Å²) in [7, 11) is 0. The molecule has 3 rings (SSSR count). The zero-order valence-corrected chi connectivity index (χ0v) is 16.9. The lowest BCUT2D eigenvalue weighted by Gasteiger charge is -2.08. The number of nitriles is 1. The number of benzene rings is 2. The fraction of sp³-hybridized carbons (Fsp3) is 0.0435. The van der Waals surface area contributed by atoms with E-state index in [-0.39, 0.29) is 5.57 Å². The summed E-state index contributed by atoms with van der Waals surface area (Å²) < 4.78 is 1.82. The number of hydrogen-bond donors (Lipinski definition) is 2. The molecule has 148 valence electrons. The van der Waals surface area contributed by atoms with Crippen molar-refractivity contribution in [1.82, 2.24) is 4.57 Å². The number of nitrogens with two attached hydrogens (primary N) is 1. The highest BCUT2D eigenvalue weighted by molar-refractivity contribution is 6.30. The van der Waals surface area contributed by atoms with Gasteiger partial charge in [-0.3, -0.25) is 4.79 Å². The second-order valence-corrected chi connectivity index (χ2v) is 6.97. The number of carbonyl (C=O) groups excluding carboxylic acids is 1. The fourth-order valence-corrected chi connectivity index (χ4v) is 3.28. The SMILES string of the molecule is C=Nc1c(C(C)=N)c(-c2ccc(Cl)cc2)cn1-c1cccc(C=C(C#N)C(N)=O)c1. The summed E-state index contributed by atoms with van der Waals surface area (Å²) >= 11 is 6.02. The van der Waals surface area contributed by atoms with E-state index in [0.29, 0.717) is 27.7 Å². The maximum absolute atomic E-state index is 11.4. The van der Waals surface area contributed by atoms with Crippen molar-refractivity contribution in [1.29, 1.82) is 10.7 Å². The van der Waals surface area contributed by atoms with Crippen LogP contribution in [0.2, 0.25) is 5.02 Å². The Balaban J connectivity index is 2.21. The fourth-order valence-electron chi connectivity index (χ4n) is 3.16. The van der Waals surface area contributed by atoms with E-state index in [1.54, 1.807) is 43.3 Å². The highest BCUT2D eigenvalue weighted by atomic mass is 35.5. The van der Waals surface area contributed by atoms with Crippen LogP contribution in [0.15, 0.2) is 65.3 Å². The number of nitrogens with zero attached hydrogens (tertiary/aromatic N) is 3. The van der Waals surface area contributed by atoms with Crippen LogP contribution in [0.25, 0.3) is 22.9 Å². The van der Waals surface area contributed by atoms with Crippen molar-refractivity contribution in [3.05, 3.63) is 76.5 Å². The highest BCUT2D eigenvalue weighted by Crippen LogP contribution is 2.36. The van der Waals surface area contributed by atoms with Gasteiger partial charge in [-0.25, -0.2) is 4.99 Å². The zero-order valence-electron chi connectivity index (χ0n) is 16.2. The second kappa shape index (κ2) is 8.60. The molecule has 2 aromatic carbocycles. The van der Waals surface area contributed by atoms with Gasteiger partial charge in [-0.1, -0.05) is 35.9 Å². The lowest BCUT2D eigenvalue weighted by Crippen LogP contribution is -2.12. The van der Waals surface area contributed by atoms with Crippen molar-refractivity contribution in [3.8, 4) is 22.9 Å². The summed E-state index contributed by atoms with van der Waals surface area (Å²) in [5, 5.41) is 18.0. The maximum Gasteiger partial charge on any atom is 0.259 e. The normalized spacial score (nSPS) is 11.0. The molecule has 0 unspecified atom stereocenters. The molecule has 1 aromatic heterocycles. The first-order valence-corrected chi connectivity index (χ1v) is 9.29. The number of aliphatic imine (C=N–C) groups is 1. The predicted octanol–water partition coefficient (Wildman–Crippen LogP) is 4.91. The third-order valence-electron chi connectivity index (χ3n) is 4.50. The van der Waals surface area contributed by atoms with Crippen LogP contribution in [0, 0.1) is 16.7 Å². The van der Waals surface area contributed by atoms with Gasteiger partial charge < -0.3 is 15.7 Å². The van der Waals surface area contributed by atoms with Gasteiger partial charge in [-0.15, -0.1) is 0 Å². The largest absolute Gasteiger partial charge is 0.365 e. The van der Waals surface area contributed by atoms with E-state index in [0.717, 1.165) is 16.8 Å². The van der Waals surface area contributed by atoms with Crippen LogP contribution in [-0.4, -0.2) is 22.9 Å². The van der Waals surface area contributed by atoms with Crippen molar-refractivity contribution in [2.75, 3.05) is 0 Å². The molecule has 0 saturated carbocycles. The Morgan fingerprint density at radius 2 is 2.00 bits per heavy atom. The molecular formula is C23H18ClN5O. The lowest BCUT2D eigenvalue weighted by atomic mass is 10.0. The van der Waals surface area contributed by atoms with Gasteiger partial charge in [0.05, 0.1) is 0 Å². The molecule has 0 fully saturated rings. The number of rotatable bonds is 6. The molecule has 6 nitrogen and oxygen atoms in total. The molecule has 3 N–H and O–H groups in total. The Morgan fingerprint density at radius 3 is 2.57 bits per heavy atom. The van der Waals surface area contributed by atoms with E-state index in [1.165, 1.54) is 6.08 Å². The number of aromatic nitrogens is 1. The second-order valence-electron chi connectivity index (χ2n) is 6.53. The Hall–Kier alpha value is -3.95. The minimum absolute atomic E-state index is 0.139. The van der Waals surface area contributed by atoms with Crippen LogP contribution in [0.1, 0.15) is 18.1 Å². The van der Waals surface area contributed by atoms with Crippen LogP contribution in [0.4, 0.5) is 5.82 Å². The van der Waals surface area contributed by atoms with Crippen molar-refractivity contribution < 1.29 is 4.79 Å². The van der Waals surface area contributed by atoms with Gasteiger partial charge in [0.1, 0.15) is 17.5 Å². The van der Waals surface area contributed by atoms with Crippen molar-refractivity contribution in [3.63, 3.8) is 0 Å². The van der Waals surface area contributed by atoms with Crippen LogP contribution < -0.4 is 5.73 Å². The number of nitrogens with one attached hydrogen (secondary N) is 1. The first-order chi connectivity index (χ1) is 14.3. The Morgan fingerprint density at radius 1 is 1.30 bits per heavy atom. The third kappa shape index (κ3) is 4.07. The Labute approximate surface area is 179 Å². The topological polar surface area (TPSA) is 108 Å². The summed E-state index contributed by atoms with van der Waals surface area (Å²) in [5.41, 5.74) is 9.16. The van der Waals surface area contributed by atoms with E-state index < -0.39 is 5.91 Å². The molecule has 0 radical (unpaired) electrons. The van der Waals surface area contributed by atoms with Gasteiger partial charge in [0.15, 0.2) is 0 Å². The van der Waals surface area contributed by atoms with E-state index in [2.05, 4.69) is 11.7 Å². The van der Waals surface area contributed by atoms with Crippen molar-refractivity contribution >= 4 is 41.8 Å². The molecule has 1 amide bonds. The first-order valence-electron chi connectivity index (χ1n) is 8.91. The maximum atomic E-state index is 11.4. The van der Waals surface area contributed by atoms with Crippen LogP contribution >= 0.6 is 11.6 Å². The summed E-state index contributed by atoms with van der Waals surface area (Å²) in [6, 6.07) is 16.3. The molecule has 0 aliphatic heterocycles. The molecule has 0 spiro atoms. The summed E-state index contributed by atoms with van der Waals surface area (Å²) in [6.45, 7) is 5.38. The van der Waals surface area contributed by atoms with Gasteiger partial charge in [0.2, 0.25) is 0 Å². The molecule has 0 saturated heterocycles. The van der Waals surface area contributed by atoms with Gasteiger partial charge in [0.25, 0.3) is 5.91 Å². The molecule has 0 aliphatic carbocycles. The standard InChI is InChI=1S/C23H18ClN5O/c1-14(26)21-20(16-6-8-18(24)9-7-16)13-29(23(21)28-2)19-5-3-4-15(11-19)10-17(12-25)22(27)30/h3-11,13,26H,2H2,1H3,(H2,27,30). The molecule has 0 bridgehead atoms. The van der Waals surface area contributed by atoms with Gasteiger partial charge in [-0.05, 0) is 55.1 Å². The van der Waals surface area contributed by atoms with Gasteiger partial charge in [0, 0.05) is 33.7 Å². The van der Waals surface area contributed by atoms with Crippen LogP contribution in [0.5, 0.6) is 0 Å². The predicted molar refractivity (Wildman–Crippen MR) is 121 cm³/mol. The number of primary amides is 1. The number of hydrogen-bond acceptors (Lipinski definition) is 4. The third-order valence-corrected chi connectivity index (χ3v) is 4.76. The Bertz CT molecular complexity index is 1230. The molecule has 0 aliphatic rings. The smallest absolute Gasteiger partial charge is 0.259 e. The molecule has 30 heavy (non-hydrogen) atoms. The van der Waals surface area contributed by atoms with Gasteiger partial charge >= 0.3 is 0 Å². The first kappa shape index (κ1) is 20.8. The van der Waals surface area contributed by atoms with Crippen LogP contribution in [-0.2, 0) is 4.79 Å². The average molecular weight is 416 g/mol. The number of halogens is 1. The molecule has 0 atom stereocenters. The Kier molecular flexibility index (Phi) is 5.95. The van der Waals surface area contributed by atoms with E-state index in [4.69, 9.17) is 28.0 Å². The zero-order chi connectivity index (χ0) is 21.8. The minimum atomic E-state index is -0.788. The molecule has 3 aromatic rings. The number of amides is 1. The van der Waals surface area contributed by atoms with E-state index in [9.17, 15) is 4.79 Å². The summed E-state index contributed by atoms with van der Waals surface area (Å²) in [4.78, 5) is 15.5. The lowest BCUT2D eigenvalue weighted by molar-refractivity contribution is -0.114.